The van der Waals surface area contributed by atoms with E-state index in [1.165, 1.54) is 25.1 Å². The third kappa shape index (κ3) is 3.98. The fourth-order valence-electron chi connectivity index (χ4n) is 3.12. The maximum Gasteiger partial charge on any atom is 0.416 e. The van der Waals surface area contributed by atoms with Crippen molar-refractivity contribution >= 4 is 5.97 Å². The number of nitrogens with two attached hydrogens (primary N) is 1. The van der Waals surface area contributed by atoms with E-state index in [2.05, 4.69) is 0 Å². The Morgan fingerprint density at radius 3 is 2.55 bits per heavy atom. The van der Waals surface area contributed by atoms with Crippen LogP contribution in [0.15, 0.2) is 51.0 Å². The van der Waals surface area contributed by atoms with Crippen LogP contribution in [0.3, 0.4) is 0 Å². The summed E-state index contributed by atoms with van der Waals surface area (Å²) in [4.78, 5) is 25.2. The Bertz CT molecular complexity index is 1050. The van der Waals surface area contributed by atoms with Crippen LogP contribution in [0.1, 0.15) is 42.2 Å². The lowest BCUT2D eigenvalue weighted by Crippen LogP contribution is -2.32. The van der Waals surface area contributed by atoms with Crippen molar-refractivity contribution in [1.29, 1.82) is 0 Å². The third-order valence-electron chi connectivity index (χ3n) is 4.25. The molecule has 1 aromatic heterocycles. The van der Waals surface area contributed by atoms with E-state index in [0.717, 1.165) is 12.1 Å². The number of benzene rings is 1. The molecule has 0 fully saturated rings. The maximum atomic E-state index is 13.2. The number of aryl methyl sites for hydroxylation is 1. The van der Waals surface area contributed by atoms with Gasteiger partial charge in [0.15, 0.2) is 0 Å². The van der Waals surface area contributed by atoms with Gasteiger partial charge in [0.05, 0.1) is 23.1 Å². The van der Waals surface area contributed by atoms with Crippen LogP contribution >= 0.6 is 0 Å². The number of hydrogen-bond donors (Lipinski definition) is 1. The Hall–Kier alpha value is -3.23. The summed E-state index contributed by atoms with van der Waals surface area (Å²) in [5.41, 5.74) is 3.79. The predicted molar refractivity (Wildman–Crippen MR) is 96.1 cm³/mol. The molecular formula is C20H18F3NO5. The topological polar surface area (TPSA) is 91.8 Å². The number of ether oxygens (including phenoxy) is 2. The number of carbonyl (C=O) groups excluding carboxylic acids is 1. The molecule has 0 bridgehead atoms. The number of alkyl halides is 3. The maximum absolute atomic E-state index is 13.2. The molecule has 9 heteroatoms. The molecule has 1 aliphatic rings. The second-order valence-corrected chi connectivity index (χ2v) is 6.81. The zero-order valence-electron chi connectivity index (χ0n) is 15.8. The van der Waals surface area contributed by atoms with E-state index in [-0.39, 0.29) is 34.1 Å². The summed E-state index contributed by atoms with van der Waals surface area (Å²) in [6, 6.07) is 5.68. The van der Waals surface area contributed by atoms with Gasteiger partial charge in [-0.15, -0.1) is 0 Å². The molecule has 1 unspecified atom stereocenters. The minimum atomic E-state index is -4.62. The van der Waals surface area contributed by atoms with Crippen molar-refractivity contribution in [2.24, 2.45) is 5.73 Å². The summed E-state index contributed by atoms with van der Waals surface area (Å²) in [5, 5.41) is 0. The number of halogens is 3. The lowest BCUT2D eigenvalue weighted by atomic mass is 9.83. The Labute approximate surface area is 163 Å². The summed E-state index contributed by atoms with van der Waals surface area (Å²) in [6.45, 7) is 4.71. The van der Waals surface area contributed by atoms with E-state index >= 15 is 0 Å². The van der Waals surface area contributed by atoms with Crippen molar-refractivity contribution < 1.29 is 31.9 Å². The fraction of sp³-hybridized carbons (Fsp3) is 0.300. The van der Waals surface area contributed by atoms with Gasteiger partial charge in [-0.25, -0.2) is 9.59 Å². The third-order valence-corrected chi connectivity index (χ3v) is 4.25. The van der Waals surface area contributed by atoms with Crippen LogP contribution in [0.4, 0.5) is 13.2 Å². The average molecular weight is 409 g/mol. The summed E-state index contributed by atoms with van der Waals surface area (Å²) in [5.74, 6) is -2.26. The van der Waals surface area contributed by atoms with Gasteiger partial charge in [-0.1, -0.05) is 18.2 Å². The molecule has 2 N–H and O–H groups in total. The molecule has 1 aliphatic heterocycles. The Kier molecular flexibility index (Phi) is 5.16. The minimum absolute atomic E-state index is 0.0137. The van der Waals surface area contributed by atoms with Crippen LogP contribution in [0.2, 0.25) is 0 Å². The molecule has 1 atom stereocenters. The molecule has 3 rings (SSSR count). The van der Waals surface area contributed by atoms with Crippen LogP contribution in [-0.2, 0) is 15.7 Å². The number of esters is 1. The van der Waals surface area contributed by atoms with Gasteiger partial charge in [0.2, 0.25) is 5.88 Å². The van der Waals surface area contributed by atoms with Crippen LogP contribution in [0.5, 0.6) is 5.75 Å². The molecule has 6 nitrogen and oxygen atoms in total. The Morgan fingerprint density at radius 2 is 1.93 bits per heavy atom. The molecule has 0 radical (unpaired) electrons. The van der Waals surface area contributed by atoms with Crippen LogP contribution in [-0.4, -0.2) is 12.1 Å². The van der Waals surface area contributed by atoms with Crippen LogP contribution in [0.25, 0.3) is 0 Å². The molecule has 0 saturated carbocycles. The van der Waals surface area contributed by atoms with Crippen molar-refractivity contribution in [3.05, 3.63) is 74.7 Å². The first-order valence-corrected chi connectivity index (χ1v) is 8.69. The summed E-state index contributed by atoms with van der Waals surface area (Å²) >= 11 is 0. The lowest BCUT2D eigenvalue weighted by molar-refractivity contribution is -0.143. The van der Waals surface area contributed by atoms with E-state index in [9.17, 15) is 22.8 Å². The van der Waals surface area contributed by atoms with Crippen molar-refractivity contribution in [2.75, 3.05) is 0 Å². The zero-order valence-corrected chi connectivity index (χ0v) is 15.8. The van der Waals surface area contributed by atoms with Crippen molar-refractivity contribution in [3.63, 3.8) is 0 Å². The average Bonchev–Trinajstić information content (AvgIpc) is 2.58. The van der Waals surface area contributed by atoms with E-state index in [1.54, 1.807) is 13.8 Å². The highest BCUT2D eigenvalue weighted by atomic mass is 19.4. The first kappa shape index (κ1) is 20.5. The smallest absolute Gasteiger partial charge is 0.416 e. The zero-order chi connectivity index (χ0) is 21.5. The van der Waals surface area contributed by atoms with Gasteiger partial charge >= 0.3 is 17.8 Å². The largest absolute Gasteiger partial charge is 0.459 e. The first-order valence-electron chi connectivity index (χ1n) is 8.69. The van der Waals surface area contributed by atoms with Gasteiger partial charge in [0.1, 0.15) is 17.1 Å². The van der Waals surface area contributed by atoms with Crippen molar-refractivity contribution in [1.82, 2.24) is 0 Å². The SMILES string of the molecule is Cc1cc2c(c(=O)o1)C(c1cccc(C(F)(F)F)c1)C(C(=O)OC(C)C)=C(N)O2. The molecule has 29 heavy (non-hydrogen) atoms. The predicted octanol–water partition coefficient (Wildman–Crippen LogP) is 3.61. The number of hydrogen-bond acceptors (Lipinski definition) is 6. The molecule has 0 aliphatic carbocycles. The van der Waals surface area contributed by atoms with Gasteiger partial charge in [-0.3, -0.25) is 0 Å². The van der Waals surface area contributed by atoms with E-state index < -0.39 is 35.4 Å². The second-order valence-electron chi connectivity index (χ2n) is 6.81. The van der Waals surface area contributed by atoms with E-state index in [0.29, 0.717) is 0 Å². The quantitative estimate of drug-likeness (QED) is 0.779. The standard InChI is InChI=1S/C20H18F3NO5/c1-9(2)27-19(26)16-14(11-5-4-6-12(8-11)20(21,22)23)15-13(29-17(16)24)7-10(3)28-18(15)25/h4-9,14H,24H2,1-3H3. The number of fused-ring (bicyclic) bond motifs is 1. The monoisotopic (exact) mass is 409 g/mol. The summed E-state index contributed by atoms with van der Waals surface area (Å²) < 4.78 is 55.4. The van der Waals surface area contributed by atoms with Crippen molar-refractivity contribution in [2.45, 2.75) is 39.0 Å². The van der Waals surface area contributed by atoms with Gasteiger partial charge in [0.25, 0.3) is 0 Å². The lowest BCUT2D eigenvalue weighted by Gasteiger charge is -2.28. The summed E-state index contributed by atoms with van der Waals surface area (Å²) in [7, 11) is 0. The van der Waals surface area contributed by atoms with Gasteiger partial charge < -0.3 is 19.6 Å². The van der Waals surface area contributed by atoms with E-state index in [1.807, 2.05) is 0 Å². The van der Waals surface area contributed by atoms with E-state index in [4.69, 9.17) is 19.6 Å². The molecule has 2 aromatic rings. The normalized spacial score (nSPS) is 16.4. The highest BCUT2D eigenvalue weighted by molar-refractivity contribution is 5.92. The molecule has 0 saturated heterocycles. The summed E-state index contributed by atoms with van der Waals surface area (Å²) in [6.07, 6.45) is -5.14. The van der Waals surface area contributed by atoms with Crippen molar-refractivity contribution in [3.8, 4) is 5.75 Å². The highest BCUT2D eigenvalue weighted by Crippen LogP contribution is 2.42. The number of carbonyl (C=O) groups is 1. The van der Waals surface area contributed by atoms with Gasteiger partial charge in [-0.2, -0.15) is 13.2 Å². The molecule has 2 heterocycles. The van der Waals surface area contributed by atoms with Gasteiger partial charge in [0, 0.05) is 6.07 Å². The van der Waals surface area contributed by atoms with Crippen LogP contribution < -0.4 is 16.1 Å². The Balaban J connectivity index is 2.27. The first-order chi connectivity index (χ1) is 13.5. The fourth-order valence-corrected chi connectivity index (χ4v) is 3.12. The Morgan fingerprint density at radius 1 is 1.24 bits per heavy atom. The van der Waals surface area contributed by atoms with Crippen LogP contribution in [0, 0.1) is 6.92 Å². The molecule has 1 aromatic carbocycles. The minimum Gasteiger partial charge on any atom is -0.459 e. The molecule has 0 spiro atoms. The molecule has 154 valence electrons. The highest BCUT2D eigenvalue weighted by Gasteiger charge is 2.40. The molecular weight excluding hydrogens is 391 g/mol. The second kappa shape index (κ2) is 7.31. The molecule has 0 amide bonds. The van der Waals surface area contributed by atoms with Gasteiger partial charge in [-0.05, 0) is 32.4 Å². The number of rotatable bonds is 3.